The van der Waals surface area contributed by atoms with Crippen LogP contribution in [-0.2, 0) is 19.5 Å². The maximum Gasteiger partial charge on any atom is 0.191 e. The lowest BCUT2D eigenvalue weighted by molar-refractivity contribution is 0.806. The van der Waals surface area contributed by atoms with Crippen LogP contribution in [0.5, 0.6) is 0 Å². The Kier molecular flexibility index (Phi) is 8.08. The topological polar surface area (TPSA) is 49.3 Å². The fourth-order valence-electron chi connectivity index (χ4n) is 1.55. The van der Waals surface area contributed by atoms with E-state index in [-0.39, 0.29) is 24.0 Å². The van der Waals surface area contributed by atoms with Gasteiger partial charge in [0, 0.05) is 24.7 Å². The third-order valence-corrected chi connectivity index (χ3v) is 4.49. The third kappa shape index (κ3) is 5.37. The molecule has 2 N–H and O–H groups in total. The summed E-state index contributed by atoms with van der Waals surface area (Å²) in [7, 11) is 1.78. The molecule has 0 bridgehead atoms. The zero-order chi connectivity index (χ0) is 13.5. The molecule has 0 amide bonds. The molecular weight excluding hydrogens is 403 g/mol. The summed E-state index contributed by atoms with van der Waals surface area (Å²) in [6.07, 6.45) is 2.99. The molecule has 0 fully saturated rings. The monoisotopic (exact) mass is 422 g/mol. The molecule has 0 atom stereocenters. The Morgan fingerprint density at radius 2 is 2.15 bits per heavy atom. The second-order valence-electron chi connectivity index (χ2n) is 3.98. The van der Waals surface area contributed by atoms with Crippen molar-refractivity contribution in [1.29, 1.82) is 0 Å². The average Bonchev–Trinajstić information content (AvgIpc) is 3.10. The van der Waals surface area contributed by atoms with Crippen LogP contribution in [0.3, 0.4) is 0 Å². The van der Waals surface area contributed by atoms with E-state index < -0.39 is 0 Å². The SMILES string of the molecule is CCc1cnc(CNC(=NC)NCc2ccsc2)s1.I. The summed E-state index contributed by atoms with van der Waals surface area (Å²) >= 11 is 3.45. The number of rotatable bonds is 5. The van der Waals surface area contributed by atoms with Crippen LogP contribution >= 0.6 is 46.7 Å². The number of aromatic nitrogens is 1. The van der Waals surface area contributed by atoms with Crippen molar-refractivity contribution in [2.75, 3.05) is 7.05 Å². The lowest BCUT2D eigenvalue weighted by Crippen LogP contribution is -2.36. The lowest BCUT2D eigenvalue weighted by atomic mass is 10.3. The van der Waals surface area contributed by atoms with Crippen molar-refractivity contribution in [3.63, 3.8) is 0 Å². The van der Waals surface area contributed by atoms with Gasteiger partial charge < -0.3 is 10.6 Å². The van der Waals surface area contributed by atoms with Gasteiger partial charge in [-0.15, -0.1) is 35.3 Å². The summed E-state index contributed by atoms with van der Waals surface area (Å²) in [5.74, 6) is 0.805. The standard InChI is InChI=1S/C13H18N4S2.HI/c1-3-11-7-15-12(19-11)8-17-13(14-2)16-6-10-4-5-18-9-10;/h4-5,7,9H,3,6,8H2,1-2H3,(H2,14,16,17);1H. The van der Waals surface area contributed by atoms with Crippen molar-refractivity contribution in [2.24, 2.45) is 4.99 Å². The number of guanidine groups is 1. The van der Waals surface area contributed by atoms with Crippen molar-refractivity contribution >= 4 is 52.6 Å². The molecule has 0 saturated heterocycles. The molecule has 0 aliphatic heterocycles. The molecule has 0 spiro atoms. The van der Waals surface area contributed by atoms with Crippen LogP contribution < -0.4 is 10.6 Å². The average molecular weight is 422 g/mol. The highest BCUT2D eigenvalue weighted by atomic mass is 127. The van der Waals surface area contributed by atoms with Crippen molar-refractivity contribution < 1.29 is 0 Å². The minimum atomic E-state index is 0. The van der Waals surface area contributed by atoms with E-state index in [2.05, 4.69) is 44.4 Å². The second-order valence-corrected chi connectivity index (χ2v) is 5.96. The Labute approximate surface area is 144 Å². The molecule has 0 aromatic carbocycles. The molecule has 0 radical (unpaired) electrons. The van der Waals surface area contributed by atoms with Crippen LogP contribution in [0.1, 0.15) is 22.4 Å². The lowest BCUT2D eigenvalue weighted by Gasteiger charge is -2.09. The molecule has 2 heterocycles. The molecule has 2 aromatic rings. The number of thiophene rings is 1. The Morgan fingerprint density at radius 1 is 1.35 bits per heavy atom. The maximum atomic E-state index is 4.38. The minimum absolute atomic E-state index is 0. The molecule has 0 saturated carbocycles. The second kappa shape index (κ2) is 9.30. The highest BCUT2D eigenvalue weighted by Crippen LogP contribution is 2.12. The highest BCUT2D eigenvalue weighted by molar-refractivity contribution is 14.0. The number of hydrogen-bond acceptors (Lipinski definition) is 4. The van der Waals surface area contributed by atoms with Gasteiger partial charge in [0.1, 0.15) is 5.01 Å². The predicted molar refractivity (Wildman–Crippen MR) is 98.3 cm³/mol. The van der Waals surface area contributed by atoms with Crippen LogP contribution in [0.25, 0.3) is 0 Å². The van der Waals surface area contributed by atoms with E-state index >= 15 is 0 Å². The van der Waals surface area contributed by atoms with E-state index in [9.17, 15) is 0 Å². The van der Waals surface area contributed by atoms with Gasteiger partial charge in [-0.2, -0.15) is 11.3 Å². The van der Waals surface area contributed by atoms with Crippen molar-refractivity contribution in [2.45, 2.75) is 26.4 Å². The summed E-state index contributed by atoms with van der Waals surface area (Å²) in [4.78, 5) is 9.90. The quantitative estimate of drug-likeness (QED) is 0.442. The first-order chi connectivity index (χ1) is 9.31. The van der Waals surface area contributed by atoms with Crippen molar-refractivity contribution in [1.82, 2.24) is 15.6 Å². The highest BCUT2D eigenvalue weighted by Gasteiger charge is 2.02. The van der Waals surface area contributed by atoms with E-state index in [1.54, 1.807) is 29.7 Å². The zero-order valence-electron chi connectivity index (χ0n) is 11.5. The molecule has 2 aromatic heterocycles. The number of nitrogens with one attached hydrogen (secondary N) is 2. The fraction of sp³-hybridized carbons (Fsp3) is 0.385. The van der Waals surface area contributed by atoms with Gasteiger partial charge in [-0.1, -0.05) is 6.92 Å². The summed E-state index contributed by atoms with van der Waals surface area (Å²) in [6.45, 7) is 3.65. The predicted octanol–water partition coefficient (Wildman–Crippen LogP) is 3.25. The molecule has 2 rings (SSSR count). The van der Waals surface area contributed by atoms with E-state index in [4.69, 9.17) is 0 Å². The summed E-state index contributed by atoms with van der Waals surface area (Å²) < 4.78 is 0. The number of aliphatic imine (C=N–C) groups is 1. The third-order valence-electron chi connectivity index (χ3n) is 2.62. The summed E-state index contributed by atoms with van der Waals surface area (Å²) in [5.41, 5.74) is 1.27. The van der Waals surface area contributed by atoms with Gasteiger partial charge in [-0.3, -0.25) is 4.99 Å². The van der Waals surface area contributed by atoms with Gasteiger partial charge in [-0.05, 0) is 28.8 Å². The van der Waals surface area contributed by atoms with E-state index in [0.717, 1.165) is 23.9 Å². The Morgan fingerprint density at radius 3 is 2.75 bits per heavy atom. The van der Waals surface area contributed by atoms with E-state index in [1.807, 2.05) is 6.20 Å². The van der Waals surface area contributed by atoms with Gasteiger partial charge in [-0.25, -0.2) is 4.98 Å². The normalized spacial score (nSPS) is 11.0. The molecular formula is C13H19IN4S2. The van der Waals surface area contributed by atoms with Crippen LogP contribution in [-0.4, -0.2) is 18.0 Å². The zero-order valence-corrected chi connectivity index (χ0v) is 15.5. The van der Waals surface area contributed by atoms with Crippen LogP contribution in [0.2, 0.25) is 0 Å². The molecule has 7 heteroatoms. The largest absolute Gasteiger partial charge is 0.352 e. The maximum absolute atomic E-state index is 4.38. The number of nitrogens with zero attached hydrogens (tertiary/aromatic N) is 2. The fourth-order valence-corrected chi connectivity index (χ4v) is 3.02. The van der Waals surface area contributed by atoms with E-state index in [0.29, 0.717) is 6.54 Å². The van der Waals surface area contributed by atoms with Crippen molar-refractivity contribution in [3.8, 4) is 0 Å². The number of hydrogen-bond donors (Lipinski definition) is 2. The molecule has 0 unspecified atom stereocenters. The van der Waals surface area contributed by atoms with Gasteiger partial charge in [0.05, 0.1) is 6.54 Å². The Bertz CT molecular complexity index is 522. The summed E-state index contributed by atoms with van der Waals surface area (Å²) in [6, 6.07) is 2.11. The smallest absolute Gasteiger partial charge is 0.191 e. The number of aryl methyl sites for hydroxylation is 1. The van der Waals surface area contributed by atoms with E-state index in [1.165, 1.54) is 10.4 Å². The van der Waals surface area contributed by atoms with Gasteiger partial charge in [0.15, 0.2) is 5.96 Å². The molecule has 110 valence electrons. The number of thiazole rings is 1. The molecule has 0 aliphatic carbocycles. The Balaban J connectivity index is 0.00000200. The first-order valence-electron chi connectivity index (χ1n) is 6.21. The van der Waals surface area contributed by atoms with Crippen LogP contribution in [0.4, 0.5) is 0 Å². The van der Waals surface area contributed by atoms with Gasteiger partial charge >= 0.3 is 0 Å². The Hall–Kier alpha value is -0.670. The molecule has 20 heavy (non-hydrogen) atoms. The van der Waals surface area contributed by atoms with Crippen LogP contribution in [0.15, 0.2) is 28.0 Å². The summed E-state index contributed by atoms with van der Waals surface area (Å²) in [5, 5.41) is 11.9. The first-order valence-corrected chi connectivity index (χ1v) is 7.97. The minimum Gasteiger partial charge on any atom is -0.352 e. The first kappa shape index (κ1) is 17.4. The molecule has 0 aliphatic rings. The van der Waals surface area contributed by atoms with Crippen molar-refractivity contribution in [3.05, 3.63) is 38.5 Å². The number of halogens is 1. The van der Waals surface area contributed by atoms with Gasteiger partial charge in [0.2, 0.25) is 0 Å². The van der Waals surface area contributed by atoms with Gasteiger partial charge in [0.25, 0.3) is 0 Å². The van der Waals surface area contributed by atoms with Crippen LogP contribution in [0, 0.1) is 0 Å². The molecule has 4 nitrogen and oxygen atoms in total.